The highest BCUT2D eigenvalue weighted by Gasteiger charge is 2.25. The third-order valence-electron chi connectivity index (χ3n) is 3.50. The van der Waals surface area contributed by atoms with Crippen LogP contribution in [0.15, 0.2) is 24.3 Å². The van der Waals surface area contributed by atoms with Crippen LogP contribution in [0, 0.1) is 5.92 Å². The van der Waals surface area contributed by atoms with E-state index in [1.165, 1.54) is 0 Å². The zero-order valence-corrected chi connectivity index (χ0v) is 11.9. The number of amides is 1. The fourth-order valence-electron chi connectivity index (χ4n) is 2.40. The van der Waals surface area contributed by atoms with Gasteiger partial charge in [-0.15, -0.1) is 12.4 Å². The van der Waals surface area contributed by atoms with Gasteiger partial charge < -0.3 is 20.1 Å². The number of fused-ring (bicyclic) bond motifs is 1. The Hall–Kier alpha value is -1.46. The second-order valence-electron chi connectivity index (χ2n) is 4.93. The van der Waals surface area contributed by atoms with Crippen LogP contribution in [0.5, 0.6) is 11.5 Å². The van der Waals surface area contributed by atoms with Crippen LogP contribution in [0.25, 0.3) is 0 Å². The molecule has 0 bridgehead atoms. The van der Waals surface area contributed by atoms with Crippen LogP contribution in [-0.2, 0) is 4.79 Å². The average molecular weight is 299 g/mol. The van der Waals surface area contributed by atoms with Gasteiger partial charge in [0.15, 0.2) is 11.5 Å². The highest BCUT2D eigenvalue weighted by molar-refractivity contribution is 5.85. The molecule has 2 aliphatic rings. The summed E-state index contributed by atoms with van der Waals surface area (Å²) in [6.45, 7) is 2.66. The zero-order chi connectivity index (χ0) is 13.1. The number of hydrogen-bond donors (Lipinski definition) is 2. The van der Waals surface area contributed by atoms with Gasteiger partial charge >= 0.3 is 0 Å². The first-order valence-corrected chi connectivity index (χ1v) is 6.70. The Morgan fingerprint density at radius 3 is 2.90 bits per heavy atom. The van der Waals surface area contributed by atoms with Crippen LogP contribution in [0.3, 0.4) is 0 Å². The Bertz CT molecular complexity index is 463. The molecule has 0 radical (unpaired) electrons. The smallest absolute Gasteiger partial charge is 0.224 e. The van der Waals surface area contributed by atoms with Gasteiger partial charge in [-0.3, -0.25) is 4.79 Å². The fraction of sp³-hybridized carbons (Fsp3) is 0.500. The first-order valence-electron chi connectivity index (χ1n) is 6.70. The second kappa shape index (κ2) is 6.81. The van der Waals surface area contributed by atoms with Crippen molar-refractivity contribution in [1.29, 1.82) is 0 Å². The monoisotopic (exact) mass is 298 g/mol. The van der Waals surface area contributed by atoms with Crippen molar-refractivity contribution in [2.75, 3.05) is 26.2 Å². The normalized spacial score (nSPS) is 23.8. The maximum Gasteiger partial charge on any atom is 0.224 e. The molecule has 110 valence electrons. The Balaban J connectivity index is 0.00000147. The van der Waals surface area contributed by atoms with Crippen molar-refractivity contribution in [2.45, 2.75) is 12.5 Å². The lowest BCUT2D eigenvalue weighted by molar-refractivity contribution is -0.124. The molecular formula is C14H19ClN2O3. The lowest BCUT2D eigenvalue weighted by atomic mass is 10.1. The predicted molar refractivity (Wildman–Crippen MR) is 77.6 cm³/mol. The van der Waals surface area contributed by atoms with E-state index in [0.717, 1.165) is 31.0 Å². The number of carbonyl (C=O) groups is 1. The summed E-state index contributed by atoms with van der Waals surface area (Å²) in [6.07, 6.45) is 0.796. The molecule has 2 N–H and O–H groups in total. The Kier molecular flexibility index (Phi) is 5.09. The summed E-state index contributed by atoms with van der Waals surface area (Å²) in [5.41, 5.74) is 0. The number of nitrogens with one attached hydrogen (secondary N) is 2. The van der Waals surface area contributed by atoms with Gasteiger partial charge in [0.05, 0.1) is 12.5 Å². The van der Waals surface area contributed by atoms with Gasteiger partial charge in [0.25, 0.3) is 0 Å². The molecule has 1 aromatic carbocycles. The number of ether oxygens (including phenoxy) is 2. The molecule has 1 amide bonds. The Morgan fingerprint density at radius 2 is 2.15 bits per heavy atom. The average Bonchev–Trinajstić information content (AvgIpc) is 2.99. The molecule has 3 rings (SSSR count). The molecule has 1 fully saturated rings. The molecule has 6 heteroatoms. The van der Waals surface area contributed by atoms with E-state index in [-0.39, 0.29) is 30.3 Å². The summed E-state index contributed by atoms with van der Waals surface area (Å²) in [6, 6.07) is 7.59. The van der Waals surface area contributed by atoms with E-state index in [1.807, 2.05) is 24.3 Å². The molecule has 2 unspecified atom stereocenters. The Labute approximate surface area is 124 Å². The summed E-state index contributed by atoms with van der Waals surface area (Å²) in [5, 5.41) is 6.13. The molecule has 2 atom stereocenters. The lowest BCUT2D eigenvalue weighted by Gasteiger charge is -2.26. The maximum absolute atomic E-state index is 11.9. The summed E-state index contributed by atoms with van der Waals surface area (Å²) in [4.78, 5) is 11.9. The van der Waals surface area contributed by atoms with Gasteiger partial charge in [0.2, 0.25) is 5.91 Å². The predicted octanol–water partition coefficient (Wildman–Crippen LogP) is 0.974. The van der Waals surface area contributed by atoms with Crippen LogP contribution in [0.1, 0.15) is 6.42 Å². The highest BCUT2D eigenvalue weighted by atomic mass is 35.5. The van der Waals surface area contributed by atoms with E-state index < -0.39 is 0 Å². The molecule has 20 heavy (non-hydrogen) atoms. The van der Waals surface area contributed by atoms with Crippen molar-refractivity contribution in [2.24, 2.45) is 5.92 Å². The van der Waals surface area contributed by atoms with E-state index in [9.17, 15) is 4.79 Å². The number of para-hydroxylation sites is 2. The summed E-state index contributed by atoms with van der Waals surface area (Å²) < 4.78 is 11.4. The molecule has 0 saturated carbocycles. The molecule has 0 spiro atoms. The van der Waals surface area contributed by atoms with Crippen molar-refractivity contribution in [1.82, 2.24) is 10.6 Å². The van der Waals surface area contributed by atoms with Crippen LogP contribution >= 0.6 is 12.4 Å². The van der Waals surface area contributed by atoms with Gasteiger partial charge in [-0.25, -0.2) is 0 Å². The van der Waals surface area contributed by atoms with Crippen LogP contribution < -0.4 is 20.1 Å². The zero-order valence-electron chi connectivity index (χ0n) is 11.1. The fourth-order valence-corrected chi connectivity index (χ4v) is 2.40. The van der Waals surface area contributed by atoms with Gasteiger partial charge in [0.1, 0.15) is 12.7 Å². The molecule has 2 aliphatic heterocycles. The van der Waals surface area contributed by atoms with Crippen LogP contribution in [0.4, 0.5) is 0 Å². The largest absolute Gasteiger partial charge is 0.486 e. The standard InChI is InChI=1S/C14H18N2O3.ClH/c17-14(10-5-6-15-7-10)16-8-11-9-18-12-3-1-2-4-13(12)19-11;/h1-4,10-11,15H,5-9H2,(H,16,17);1H. The molecule has 1 saturated heterocycles. The van der Waals surface area contributed by atoms with Crippen LogP contribution in [-0.4, -0.2) is 38.3 Å². The van der Waals surface area contributed by atoms with Crippen LogP contribution in [0.2, 0.25) is 0 Å². The third-order valence-corrected chi connectivity index (χ3v) is 3.50. The van der Waals surface area contributed by atoms with Gasteiger partial charge in [-0.2, -0.15) is 0 Å². The molecule has 0 aliphatic carbocycles. The number of carbonyl (C=O) groups excluding carboxylic acids is 1. The first-order chi connectivity index (χ1) is 9.33. The summed E-state index contributed by atoms with van der Waals surface area (Å²) in [7, 11) is 0. The minimum atomic E-state index is -0.117. The summed E-state index contributed by atoms with van der Waals surface area (Å²) in [5.74, 6) is 1.71. The van der Waals surface area contributed by atoms with Gasteiger partial charge in [-0.05, 0) is 25.1 Å². The topological polar surface area (TPSA) is 59.6 Å². The van der Waals surface area contributed by atoms with Crippen molar-refractivity contribution in [3.63, 3.8) is 0 Å². The molecule has 2 heterocycles. The van der Waals surface area contributed by atoms with E-state index in [4.69, 9.17) is 9.47 Å². The van der Waals surface area contributed by atoms with Gasteiger partial charge in [0, 0.05) is 6.54 Å². The molecule has 5 nitrogen and oxygen atoms in total. The highest BCUT2D eigenvalue weighted by Crippen LogP contribution is 2.30. The number of benzene rings is 1. The van der Waals surface area contributed by atoms with E-state index in [0.29, 0.717) is 13.2 Å². The van der Waals surface area contributed by atoms with E-state index in [2.05, 4.69) is 10.6 Å². The first kappa shape index (κ1) is 14.9. The SMILES string of the molecule is Cl.O=C(NCC1COc2ccccc2O1)C1CCNC1. The van der Waals surface area contributed by atoms with Crippen molar-refractivity contribution >= 4 is 18.3 Å². The second-order valence-corrected chi connectivity index (χ2v) is 4.93. The number of halogens is 1. The third kappa shape index (κ3) is 3.35. The van der Waals surface area contributed by atoms with Crippen molar-refractivity contribution < 1.29 is 14.3 Å². The molecule has 0 aromatic heterocycles. The van der Waals surface area contributed by atoms with E-state index in [1.54, 1.807) is 0 Å². The quantitative estimate of drug-likeness (QED) is 0.873. The molecule has 1 aromatic rings. The van der Waals surface area contributed by atoms with Crippen molar-refractivity contribution in [3.05, 3.63) is 24.3 Å². The number of hydrogen-bond acceptors (Lipinski definition) is 4. The lowest BCUT2D eigenvalue weighted by Crippen LogP contribution is -2.43. The minimum absolute atomic E-state index is 0. The number of rotatable bonds is 3. The minimum Gasteiger partial charge on any atom is -0.486 e. The Morgan fingerprint density at radius 1 is 1.35 bits per heavy atom. The maximum atomic E-state index is 11.9. The van der Waals surface area contributed by atoms with Gasteiger partial charge in [-0.1, -0.05) is 12.1 Å². The van der Waals surface area contributed by atoms with Crippen molar-refractivity contribution in [3.8, 4) is 11.5 Å². The van der Waals surface area contributed by atoms with E-state index >= 15 is 0 Å². The molecular weight excluding hydrogens is 280 g/mol. The summed E-state index contributed by atoms with van der Waals surface area (Å²) >= 11 is 0.